The van der Waals surface area contributed by atoms with Crippen molar-refractivity contribution in [2.75, 3.05) is 11.9 Å². The normalized spacial score (nSPS) is 15.3. The van der Waals surface area contributed by atoms with Crippen molar-refractivity contribution in [3.63, 3.8) is 0 Å². The Morgan fingerprint density at radius 3 is 2.36 bits per heavy atom. The first kappa shape index (κ1) is 24.6. The molecule has 0 spiro atoms. The third-order valence-electron chi connectivity index (χ3n) is 5.80. The zero-order valence-electron chi connectivity index (χ0n) is 18.3. The highest BCUT2D eigenvalue weighted by molar-refractivity contribution is 7.93. The van der Waals surface area contributed by atoms with Gasteiger partial charge in [0.2, 0.25) is 0 Å². The van der Waals surface area contributed by atoms with E-state index in [0.29, 0.717) is 12.8 Å². The third-order valence-corrected chi connectivity index (χ3v) is 8.28. The number of esters is 1. The molecule has 1 aliphatic carbocycles. The quantitative estimate of drug-likeness (QED) is 0.568. The average molecular weight is 482 g/mol. The van der Waals surface area contributed by atoms with Crippen LogP contribution in [0.2, 0.25) is 0 Å². The number of amides is 1. The summed E-state index contributed by atoms with van der Waals surface area (Å²) >= 11 is 0. The molecule has 178 valence electrons. The second-order valence-electron chi connectivity index (χ2n) is 7.95. The number of carbonyl (C=O) groups is 2. The summed E-state index contributed by atoms with van der Waals surface area (Å²) in [6, 6.07) is 10.2. The molecule has 0 atom stereocenters. The molecule has 1 aliphatic rings. The van der Waals surface area contributed by atoms with E-state index < -0.39 is 39.7 Å². The maximum atomic E-state index is 13.5. The molecule has 1 saturated carbocycles. The first-order valence-corrected chi connectivity index (χ1v) is 11.9. The number of hydrogen-bond acceptors (Lipinski definition) is 6. The molecule has 0 aromatic heterocycles. The van der Waals surface area contributed by atoms with Crippen molar-refractivity contribution in [2.45, 2.75) is 55.8 Å². The van der Waals surface area contributed by atoms with Crippen molar-refractivity contribution < 1.29 is 36.3 Å². The molecule has 1 amide bonds. The van der Waals surface area contributed by atoms with E-state index in [0.717, 1.165) is 11.1 Å². The monoisotopic (exact) mass is 481 g/mol. The lowest BCUT2D eigenvalue weighted by atomic mass is 10.1. The van der Waals surface area contributed by atoms with Crippen LogP contribution in [0.1, 0.15) is 36.8 Å². The molecule has 33 heavy (non-hydrogen) atoms. The van der Waals surface area contributed by atoms with E-state index in [4.69, 9.17) is 4.74 Å². The predicted molar refractivity (Wildman–Crippen MR) is 117 cm³/mol. The summed E-state index contributed by atoms with van der Waals surface area (Å²) < 4.78 is 59.7. The van der Waals surface area contributed by atoms with Gasteiger partial charge in [-0.25, -0.2) is 8.42 Å². The Labute approximate surface area is 191 Å². The van der Waals surface area contributed by atoms with Crippen LogP contribution < -0.4 is 10.1 Å². The van der Waals surface area contributed by atoms with Crippen LogP contribution in [0.3, 0.4) is 0 Å². The number of sulfone groups is 1. The minimum absolute atomic E-state index is 0.0304. The lowest BCUT2D eigenvalue weighted by Crippen LogP contribution is -2.46. The summed E-state index contributed by atoms with van der Waals surface area (Å²) in [6.45, 7) is -0.215. The molecule has 0 heterocycles. The van der Waals surface area contributed by atoms with Gasteiger partial charge in [0.15, 0.2) is 21.2 Å². The standard InChI is InChI=1S/C23H25F2NO6S/c1-15-9-10-17(13-16(15)2)33(29,30)23(11-5-6-12-23)21(28)31-14-20(27)26-18-7-3-4-8-19(18)32-22(24)25/h3-4,7-10,13,22H,5-6,11-12,14H2,1-2H3,(H,26,27). The number of para-hydroxylation sites is 2. The van der Waals surface area contributed by atoms with E-state index >= 15 is 0 Å². The van der Waals surface area contributed by atoms with Gasteiger partial charge in [-0.2, -0.15) is 8.78 Å². The largest absolute Gasteiger partial charge is 0.454 e. The zero-order chi connectivity index (χ0) is 24.2. The van der Waals surface area contributed by atoms with Gasteiger partial charge >= 0.3 is 12.6 Å². The van der Waals surface area contributed by atoms with Gasteiger partial charge in [-0.3, -0.25) is 9.59 Å². The second-order valence-corrected chi connectivity index (χ2v) is 10.2. The van der Waals surface area contributed by atoms with Crippen molar-refractivity contribution in [3.8, 4) is 5.75 Å². The maximum absolute atomic E-state index is 13.5. The van der Waals surface area contributed by atoms with E-state index in [9.17, 15) is 26.8 Å². The number of aryl methyl sites for hydroxylation is 2. The van der Waals surface area contributed by atoms with Gasteiger partial charge in [0.1, 0.15) is 5.75 Å². The molecule has 0 aliphatic heterocycles. The van der Waals surface area contributed by atoms with Crippen LogP contribution in [0.5, 0.6) is 5.75 Å². The Morgan fingerprint density at radius 1 is 1.06 bits per heavy atom. The van der Waals surface area contributed by atoms with Crippen LogP contribution >= 0.6 is 0 Å². The molecule has 2 aromatic rings. The first-order chi connectivity index (χ1) is 15.6. The van der Waals surface area contributed by atoms with Crippen LogP contribution in [-0.2, 0) is 24.2 Å². The number of carbonyl (C=O) groups excluding carboxylic acids is 2. The molecule has 2 aromatic carbocycles. The number of nitrogens with one attached hydrogen (secondary N) is 1. The molecule has 1 fully saturated rings. The highest BCUT2D eigenvalue weighted by atomic mass is 32.2. The fourth-order valence-electron chi connectivity index (χ4n) is 3.85. The van der Waals surface area contributed by atoms with Crippen LogP contribution in [0.4, 0.5) is 14.5 Å². The Kier molecular flexibility index (Phi) is 7.36. The van der Waals surface area contributed by atoms with Gasteiger partial charge in [0.05, 0.1) is 10.6 Å². The van der Waals surface area contributed by atoms with Crippen molar-refractivity contribution in [3.05, 3.63) is 53.6 Å². The molecule has 1 N–H and O–H groups in total. The molecule has 0 unspecified atom stereocenters. The molecular weight excluding hydrogens is 456 g/mol. The van der Waals surface area contributed by atoms with Crippen LogP contribution in [0.15, 0.2) is 47.4 Å². The predicted octanol–water partition coefficient (Wildman–Crippen LogP) is 4.17. The number of anilines is 1. The Balaban J connectivity index is 1.75. The Hall–Kier alpha value is -3.01. The molecular formula is C23H25F2NO6S. The highest BCUT2D eigenvalue weighted by Gasteiger charge is 2.54. The summed E-state index contributed by atoms with van der Waals surface area (Å²) in [4.78, 5) is 25.3. The lowest BCUT2D eigenvalue weighted by Gasteiger charge is -2.26. The zero-order valence-corrected chi connectivity index (χ0v) is 19.1. The van der Waals surface area contributed by atoms with Gasteiger partial charge in [-0.15, -0.1) is 0 Å². The first-order valence-electron chi connectivity index (χ1n) is 10.4. The average Bonchev–Trinajstić information content (AvgIpc) is 3.27. The lowest BCUT2D eigenvalue weighted by molar-refractivity contribution is -0.149. The smallest absolute Gasteiger partial charge is 0.387 e. The van der Waals surface area contributed by atoms with E-state index in [-0.39, 0.29) is 29.2 Å². The van der Waals surface area contributed by atoms with E-state index in [1.54, 1.807) is 13.0 Å². The summed E-state index contributed by atoms with van der Waals surface area (Å²) in [6.07, 6.45) is 1.25. The number of halogens is 2. The van der Waals surface area contributed by atoms with Crippen molar-refractivity contribution in [1.82, 2.24) is 0 Å². The molecule has 7 nitrogen and oxygen atoms in total. The van der Waals surface area contributed by atoms with Gasteiger partial charge < -0.3 is 14.8 Å². The van der Waals surface area contributed by atoms with Crippen LogP contribution in [0, 0.1) is 13.8 Å². The van der Waals surface area contributed by atoms with E-state index in [1.165, 1.54) is 36.4 Å². The number of benzene rings is 2. The highest BCUT2D eigenvalue weighted by Crippen LogP contribution is 2.42. The van der Waals surface area contributed by atoms with Crippen molar-refractivity contribution in [2.24, 2.45) is 0 Å². The number of rotatable bonds is 8. The van der Waals surface area contributed by atoms with E-state index in [1.807, 2.05) is 6.92 Å². The molecule has 10 heteroatoms. The fraction of sp³-hybridized carbons (Fsp3) is 0.391. The summed E-state index contributed by atoms with van der Waals surface area (Å²) in [5, 5.41) is 2.33. The summed E-state index contributed by atoms with van der Waals surface area (Å²) in [5.41, 5.74) is 1.67. The molecule has 0 saturated heterocycles. The minimum atomic E-state index is -4.08. The molecule has 0 bridgehead atoms. The van der Waals surface area contributed by atoms with Crippen molar-refractivity contribution >= 4 is 27.4 Å². The Morgan fingerprint density at radius 2 is 1.73 bits per heavy atom. The van der Waals surface area contributed by atoms with Crippen LogP contribution in [-0.4, -0.2) is 38.3 Å². The molecule has 0 radical (unpaired) electrons. The van der Waals surface area contributed by atoms with Gasteiger partial charge in [-0.05, 0) is 62.1 Å². The molecule has 3 rings (SSSR count). The summed E-state index contributed by atoms with van der Waals surface area (Å²) in [7, 11) is -4.08. The Bertz CT molecular complexity index is 1140. The van der Waals surface area contributed by atoms with E-state index in [2.05, 4.69) is 10.1 Å². The van der Waals surface area contributed by atoms with Gasteiger partial charge in [0, 0.05) is 0 Å². The maximum Gasteiger partial charge on any atom is 0.387 e. The third kappa shape index (κ3) is 5.16. The number of alkyl halides is 2. The second kappa shape index (κ2) is 9.86. The topological polar surface area (TPSA) is 98.8 Å². The fourth-order valence-corrected chi connectivity index (χ4v) is 5.99. The van der Waals surface area contributed by atoms with Gasteiger partial charge in [0.25, 0.3) is 5.91 Å². The van der Waals surface area contributed by atoms with Gasteiger partial charge in [-0.1, -0.05) is 31.0 Å². The SMILES string of the molecule is Cc1ccc(S(=O)(=O)C2(C(=O)OCC(=O)Nc3ccccc3OC(F)F)CCCC2)cc1C. The summed E-state index contributed by atoms with van der Waals surface area (Å²) in [5.74, 6) is -2.06. The number of ether oxygens (including phenoxy) is 2. The van der Waals surface area contributed by atoms with Crippen molar-refractivity contribution in [1.29, 1.82) is 0 Å². The number of hydrogen-bond donors (Lipinski definition) is 1. The minimum Gasteiger partial charge on any atom is -0.454 e. The van der Waals surface area contributed by atoms with Crippen LogP contribution in [0.25, 0.3) is 0 Å².